The molecule has 0 N–H and O–H groups in total. The van der Waals surface area contributed by atoms with Crippen molar-refractivity contribution in [3.05, 3.63) is 35.9 Å². The zero-order valence-corrected chi connectivity index (χ0v) is 14.1. The molecule has 0 radical (unpaired) electrons. The fourth-order valence-corrected chi connectivity index (χ4v) is 3.94. The summed E-state index contributed by atoms with van der Waals surface area (Å²) in [5, 5.41) is 8.67. The van der Waals surface area contributed by atoms with Gasteiger partial charge in [-0.3, -0.25) is 4.90 Å². The molecule has 1 aromatic carbocycles. The van der Waals surface area contributed by atoms with E-state index in [1.165, 1.54) is 18.4 Å². The second kappa shape index (κ2) is 7.72. The van der Waals surface area contributed by atoms with Crippen LogP contribution in [0.25, 0.3) is 0 Å². The first-order valence-electron chi connectivity index (χ1n) is 8.90. The van der Waals surface area contributed by atoms with Crippen LogP contribution in [0.5, 0.6) is 0 Å². The van der Waals surface area contributed by atoms with E-state index in [-0.39, 0.29) is 6.04 Å². The highest BCUT2D eigenvalue weighted by Gasteiger charge is 2.51. The number of carbonyl (C=O) groups excluding carboxylic acids is 1. The van der Waals surface area contributed by atoms with Crippen molar-refractivity contribution in [2.75, 3.05) is 6.54 Å². The van der Waals surface area contributed by atoms with E-state index in [2.05, 4.69) is 45.3 Å². The molecule has 0 bridgehead atoms. The van der Waals surface area contributed by atoms with Crippen molar-refractivity contribution in [2.24, 2.45) is 10.2 Å². The van der Waals surface area contributed by atoms with Crippen molar-refractivity contribution < 1.29 is 4.79 Å². The predicted octanol–water partition coefficient (Wildman–Crippen LogP) is 3.62. The fourth-order valence-electron chi connectivity index (χ4n) is 3.94. The molecule has 126 valence electrons. The summed E-state index contributed by atoms with van der Waals surface area (Å²) in [4.78, 5) is 13.8. The molecule has 0 amide bonds. The first kappa shape index (κ1) is 16.9. The van der Waals surface area contributed by atoms with Crippen LogP contribution < -0.4 is 0 Å². The van der Waals surface area contributed by atoms with Gasteiger partial charge in [-0.15, -0.1) is 12.3 Å². The molecule has 0 aromatic heterocycles. The molecule has 1 saturated heterocycles. The van der Waals surface area contributed by atoms with E-state index in [1.54, 1.807) is 0 Å². The van der Waals surface area contributed by atoms with Crippen LogP contribution in [0.3, 0.4) is 0 Å². The molecule has 24 heavy (non-hydrogen) atoms. The van der Waals surface area contributed by atoms with E-state index in [9.17, 15) is 4.79 Å². The normalized spacial score (nSPS) is 23.4. The number of hydrogen-bond donors (Lipinski definition) is 0. The molecule has 2 aliphatic rings. The summed E-state index contributed by atoms with van der Waals surface area (Å²) >= 11 is 0. The minimum atomic E-state index is -0.445. The third-order valence-corrected chi connectivity index (χ3v) is 5.23. The van der Waals surface area contributed by atoms with Gasteiger partial charge < -0.3 is 4.79 Å². The van der Waals surface area contributed by atoms with Crippen LogP contribution >= 0.6 is 0 Å². The standard InChI is InChI=1S/C20H25N3O/c1-2-3-13-20(21-22-20)19(12-15-24)23-14-8-7-11-18(23)16-17-9-5-4-6-10-17/h1,4-6,9-10,15,18-19H,3,7-8,11-14,16H2/t18-,19?/m1/s1. The average Bonchev–Trinajstić information content (AvgIpc) is 3.40. The Morgan fingerprint density at radius 2 is 2.12 bits per heavy atom. The van der Waals surface area contributed by atoms with Crippen molar-refractivity contribution in [3.63, 3.8) is 0 Å². The number of piperidine rings is 1. The Labute approximate surface area is 144 Å². The van der Waals surface area contributed by atoms with Gasteiger partial charge in [0, 0.05) is 25.3 Å². The predicted molar refractivity (Wildman–Crippen MR) is 94.6 cm³/mol. The number of rotatable bonds is 8. The molecular formula is C20H25N3O. The molecule has 0 spiro atoms. The number of terminal acetylenes is 1. The number of carbonyl (C=O) groups is 1. The summed E-state index contributed by atoms with van der Waals surface area (Å²) in [6.07, 6.45) is 12.9. The Morgan fingerprint density at radius 1 is 1.33 bits per heavy atom. The molecule has 0 saturated carbocycles. The van der Waals surface area contributed by atoms with Crippen molar-refractivity contribution in [2.45, 2.75) is 62.7 Å². The minimum Gasteiger partial charge on any atom is -0.303 e. The summed E-state index contributed by atoms with van der Waals surface area (Å²) in [5.74, 6) is 2.69. The Balaban J connectivity index is 1.76. The van der Waals surface area contributed by atoms with Crippen LogP contribution in [0.4, 0.5) is 0 Å². The Bertz CT molecular complexity index is 614. The number of hydrogen-bond acceptors (Lipinski definition) is 4. The Kier molecular flexibility index (Phi) is 5.42. The molecule has 2 heterocycles. The van der Waals surface area contributed by atoms with Crippen molar-refractivity contribution >= 4 is 6.29 Å². The van der Waals surface area contributed by atoms with E-state index in [0.717, 1.165) is 32.1 Å². The molecule has 1 aromatic rings. The van der Waals surface area contributed by atoms with Crippen LogP contribution in [0, 0.1) is 12.3 Å². The molecule has 4 nitrogen and oxygen atoms in total. The van der Waals surface area contributed by atoms with E-state index >= 15 is 0 Å². The van der Waals surface area contributed by atoms with Crippen LogP contribution in [0.2, 0.25) is 0 Å². The first-order valence-corrected chi connectivity index (χ1v) is 8.90. The van der Waals surface area contributed by atoms with E-state index < -0.39 is 5.66 Å². The largest absolute Gasteiger partial charge is 0.303 e. The SMILES string of the molecule is C#CCCC1(C(CC=O)N2CCCC[C@@H]2Cc2ccccc2)N=N1. The average molecular weight is 323 g/mol. The second-order valence-corrected chi connectivity index (χ2v) is 6.78. The van der Waals surface area contributed by atoms with Crippen LogP contribution in [0.15, 0.2) is 40.6 Å². The quantitative estimate of drug-likeness (QED) is 0.542. The van der Waals surface area contributed by atoms with Gasteiger partial charge >= 0.3 is 0 Å². The van der Waals surface area contributed by atoms with E-state index in [0.29, 0.717) is 18.9 Å². The van der Waals surface area contributed by atoms with Crippen molar-refractivity contribution in [1.82, 2.24) is 4.90 Å². The van der Waals surface area contributed by atoms with Gasteiger partial charge in [-0.25, -0.2) is 0 Å². The molecule has 2 aliphatic heterocycles. The number of nitrogens with zero attached hydrogens (tertiary/aromatic N) is 3. The molecule has 4 heteroatoms. The van der Waals surface area contributed by atoms with Gasteiger partial charge in [0.1, 0.15) is 6.29 Å². The number of likely N-dealkylation sites (tertiary alicyclic amines) is 1. The van der Waals surface area contributed by atoms with Gasteiger partial charge in [0.05, 0.1) is 6.04 Å². The Morgan fingerprint density at radius 3 is 2.79 bits per heavy atom. The minimum absolute atomic E-state index is 0.0531. The highest BCUT2D eigenvalue weighted by atomic mass is 16.1. The van der Waals surface area contributed by atoms with Crippen LogP contribution in [-0.2, 0) is 11.2 Å². The summed E-state index contributed by atoms with van der Waals surface area (Å²) in [7, 11) is 0. The van der Waals surface area contributed by atoms with Gasteiger partial charge in [-0.2, -0.15) is 10.2 Å². The molecule has 2 atom stereocenters. The topological polar surface area (TPSA) is 45.0 Å². The summed E-state index contributed by atoms with van der Waals surface area (Å²) in [6.45, 7) is 1.01. The lowest BCUT2D eigenvalue weighted by atomic mass is 9.88. The smallest absolute Gasteiger partial charge is 0.207 e. The Hall–Kier alpha value is -1.99. The molecular weight excluding hydrogens is 298 g/mol. The lowest BCUT2D eigenvalue weighted by Gasteiger charge is -2.42. The zero-order valence-electron chi connectivity index (χ0n) is 14.1. The van der Waals surface area contributed by atoms with Gasteiger partial charge in [0.25, 0.3) is 0 Å². The van der Waals surface area contributed by atoms with Crippen LogP contribution in [0.1, 0.15) is 44.1 Å². The molecule has 1 fully saturated rings. The van der Waals surface area contributed by atoms with Crippen LogP contribution in [-0.4, -0.2) is 35.5 Å². The lowest BCUT2D eigenvalue weighted by Crippen LogP contribution is -2.53. The summed E-state index contributed by atoms with van der Waals surface area (Å²) in [6, 6.07) is 11.1. The van der Waals surface area contributed by atoms with E-state index in [1.807, 2.05) is 6.07 Å². The monoisotopic (exact) mass is 323 g/mol. The maximum Gasteiger partial charge on any atom is 0.207 e. The highest BCUT2D eigenvalue weighted by Crippen LogP contribution is 2.42. The van der Waals surface area contributed by atoms with E-state index in [4.69, 9.17) is 6.42 Å². The first-order chi connectivity index (χ1) is 11.8. The van der Waals surface area contributed by atoms with Gasteiger partial charge in [0.2, 0.25) is 5.66 Å². The van der Waals surface area contributed by atoms with Crippen molar-refractivity contribution in [1.29, 1.82) is 0 Å². The maximum absolute atomic E-state index is 11.3. The fraction of sp³-hybridized carbons (Fsp3) is 0.550. The highest BCUT2D eigenvalue weighted by molar-refractivity contribution is 5.51. The molecule has 3 rings (SSSR count). The van der Waals surface area contributed by atoms with Crippen molar-refractivity contribution in [3.8, 4) is 12.3 Å². The summed E-state index contributed by atoms with van der Waals surface area (Å²) < 4.78 is 0. The zero-order chi connectivity index (χ0) is 16.8. The number of aldehydes is 1. The van der Waals surface area contributed by atoms with Gasteiger partial charge in [-0.05, 0) is 31.4 Å². The third kappa shape index (κ3) is 3.73. The van der Waals surface area contributed by atoms with Gasteiger partial charge in [-0.1, -0.05) is 36.8 Å². The number of benzene rings is 1. The summed E-state index contributed by atoms with van der Waals surface area (Å²) in [5.41, 5.74) is 0.904. The third-order valence-electron chi connectivity index (χ3n) is 5.23. The second-order valence-electron chi connectivity index (χ2n) is 6.78. The molecule has 1 unspecified atom stereocenters. The molecule has 0 aliphatic carbocycles. The maximum atomic E-state index is 11.3. The van der Waals surface area contributed by atoms with Gasteiger partial charge in [0.15, 0.2) is 0 Å². The lowest BCUT2D eigenvalue weighted by molar-refractivity contribution is -0.109.